The average molecular weight is 351 g/mol. The lowest BCUT2D eigenvalue weighted by molar-refractivity contribution is 0.299. The van der Waals surface area contributed by atoms with Crippen LogP contribution >= 0.6 is 0 Å². The van der Waals surface area contributed by atoms with Crippen LogP contribution in [0.15, 0.2) is 29.2 Å². The fraction of sp³-hybridized carbons (Fsp3) is 0.684. The number of benzene rings is 1. The lowest BCUT2D eigenvalue weighted by Crippen LogP contribution is -2.34. The van der Waals surface area contributed by atoms with Crippen molar-refractivity contribution >= 4 is 15.5 Å². The highest BCUT2D eigenvalue weighted by Crippen LogP contribution is 2.27. The SMILES string of the molecule is CS(=O)(=O)c1ccc(N2CCC(CCCN3CCCC3)CC2)cc1. The number of anilines is 1. The second-order valence-corrected chi connectivity index (χ2v) is 9.40. The zero-order chi connectivity index (χ0) is 17.0. The molecule has 0 saturated carbocycles. The van der Waals surface area contributed by atoms with E-state index in [4.69, 9.17) is 0 Å². The smallest absolute Gasteiger partial charge is 0.175 e. The molecule has 0 aliphatic carbocycles. The van der Waals surface area contributed by atoms with Crippen molar-refractivity contribution < 1.29 is 8.42 Å². The van der Waals surface area contributed by atoms with Gasteiger partial charge in [0, 0.05) is 25.0 Å². The summed E-state index contributed by atoms with van der Waals surface area (Å²) in [5.74, 6) is 0.860. The third-order valence-corrected chi connectivity index (χ3v) is 6.66. The molecular formula is C19H30N2O2S. The van der Waals surface area contributed by atoms with E-state index in [0.717, 1.165) is 24.7 Å². The van der Waals surface area contributed by atoms with Crippen molar-refractivity contribution in [1.82, 2.24) is 4.90 Å². The van der Waals surface area contributed by atoms with Crippen molar-refractivity contribution in [2.75, 3.05) is 43.9 Å². The van der Waals surface area contributed by atoms with Gasteiger partial charge < -0.3 is 9.80 Å². The highest BCUT2D eigenvalue weighted by molar-refractivity contribution is 7.90. The van der Waals surface area contributed by atoms with E-state index in [-0.39, 0.29) is 0 Å². The molecule has 2 saturated heterocycles. The predicted octanol–water partition coefficient (Wildman–Crippen LogP) is 3.18. The number of hydrogen-bond acceptors (Lipinski definition) is 4. The molecule has 4 nitrogen and oxygen atoms in total. The summed E-state index contributed by atoms with van der Waals surface area (Å²) >= 11 is 0. The molecule has 2 aliphatic rings. The van der Waals surface area contributed by atoms with E-state index in [1.54, 1.807) is 12.1 Å². The van der Waals surface area contributed by atoms with Crippen molar-refractivity contribution in [1.29, 1.82) is 0 Å². The van der Waals surface area contributed by atoms with Crippen LogP contribution in [0.5, 0.6) is 0 Å². The van der Waals surface area contributed by atoms with E-state index in [1.165, 1.54) is 64.4 Å². The van der Waals surface area contributed by atoms with Gasteiger partial charge in [0.25, 0.3) is 0 Å². The van der Waals surface area contributed by atoms with Gasteiger partial charge in [0.15, 0.2) is 9.84 Å². The van der Waals surface area contributed by atoms with E-state index >= 15 is 0 Å². The summed E-state index contributed by atoms with van der Waals surface area (Å²) in [6.45, 7) is 6.08. The second-order valence-electron chi connectivity index (χ2n) is 7.39. The van der Waals surface area contributed by atoms with Gasteiger partial charge in [-0.05, 0) is 88.3 Å². The standard InChI is InChI=1S/C19H30N2O2S/c1-24(22,23)19-8-6-18(7-9-19)21-15-10-17(11-16-21)5-4-14-20-12-2-3-13-20/h6-9,17H,2-5,10-16H2,1H3. The van der Waals surface area contributed by atoms with Crippen LogP contribution < -0.4 is 4.90 Å². The summed E-state index contributed by atoms with van der Waals surface area (Å²) in [6, 6.07) is 7.35. The Balaban J connectivity index is 1.43. The Kier molecular flexibility index (Phi) is 5.82. The molecule has 0 spiro atoms. The van der Waals surface area contributed by atoms with E-state index in [9.17, 15) is 8.42 Å². The van der Waals surface area contributed by atoms with Gasteiger partial charge in [-0.15, -0.1) is 0 Å². The van der Waals surface area contributed by atoms with Crippen molar-refractivity contribution in [3.8, 4) is 0 Å². The molecule has 0 amide bonds. The van der Waals surface area contributed by atoms with Gasteiger partial charge in [0.05, 0.1) is 4.90 Å². The minimum Gasteiger partial charge on any atom is -0.372 e. The minimum atomic E-state index is -3.10. The Morgan fingerprint density at radius 3 is 2.21 bits per heavy atom. The molecule has 2 heterocycles. The number of piperidine rings is 1. The summed E-state index contributed by atoms with van der Waals surface area (Å²) in [4.78, 5) is 5.41. The van der Waals surface area contributed by atoms with Gasteiger partial charge in [0.2, 0.25) is 0 Å². The molecule has 0 aromatic heterocycles. The van der Waals surface area contributed by atoms with Crippen LogP contribution in [0.25, 0.3) is 0 Å². The first kappa shape index (κ1) is 17.7. The molecule has 0 radical (unpaired) electrons. The number of nitrogens with zero attached hydrogens (tertiary/aromatic N) is 2. The van der Waals surface area contributed by atoms with Gasteiger partial charge in [-0.3, -0.25) is 0 Å². The fourth-order valence-corrected chi connectivity index (χ4v) is 4.62. The van der Waals surface area contributed by atoms with E-state index in [0.29, 0.717) is 4.90 Å². The normalized spacial score (nSPS) is 20.6. The Morgan fingerprint density at radius 1 is 1.00 bits per heavy atom. The zero-order valence-corrected chi connectivity index (χ0v) is 15.6. The molecule has 1 aromatic rings. The number of hydrogen-bond donors (Lipinski definition) is 0. The van der Waals surface area contributed by atoms with E-state index in [2.05, 4.69) is 9.80 Å². The van der Waals surface area contributed by atoms with E-state index in [1.807, 2.05) is 12.1 Å². The monoisotopic (exact) mass is 350 g/mol. The van der Waals surface area contributed by atoms with Crippen molar-refractivity contribution in [3.05, 3.63) is 24.3 Å². The Hall–Kier alpha value is -1.07. The molecule has 134 valence electrons. The van der Waals surface area contributed by atoms with Crippen LogP contribution in [0.2, 0.25) is 0 Å². The van der Waals surface area contributed by atoms with Crippen molar-refractivity contribution in [3.63, 3.8) is 0 Å². The molecule has 0 unspecified atom stereocenters. The zero-order valence-electron chi connectivity index (χ0n) is 14.8. The first-order valence-corrected chi connectivity index (χ1v) is 11.2. The predicted molar refractivity (Wildman–Crippen MR) is 99.4 cm³/mol. The van der Waals surface area contributed by atoms with Gasteiger partial charge in [0.1, 0.15) is 0 Å². The van der Waals surface area contributed by atoms with Crippen LogP contribution in [-0.4, -0.2) is 52.3 Å². The maximum absolute atomic E-state index is 11.5. The van der Waals surface area contributed by atoms with Crippen molar-refractivity contribution in [2.45, 2.75) is 43.4 Å². The quantitative estimate of drug-likeness (QED) is 0.790. The summed E-state index contributed by atoms with van der Waals surface area (Å²) in [5, 5.41) is 0. The molecule has 2 fully saturated rings. The Labute approximate surface area is 146 Å². The largest absolute Gasteiger partial charge is 0.372 e. The third kappa shape index (κ3) is 4.73. The molecule has 0 atom stereocenters. The fourth-order valence-electron chi connectivity index (χ4n) is 3.99. The molecule has 24 heavy (non-hydrogen) atoms. The van der Waals surface area contributed by atoms with Crippen LogP contribution in [0.1, 0.15) is 38.5 Å². The van der Waals surface area contributed by atoms with Gasteiger partial charge in [-0.1, -0.05) is 0 Å². The summed E-state index contributed by atoms with van der Waals surface area (Å²) < 4.78 is 23.1. The van der Waals surface area contributed by atoms with Gasteiger partial charge in [-0.2, -0.15) is 0 Å². The van der Waals surface area contributed by atoms with Crippen LogP contribution in [0.3, 0.4) is 0 Å². The molecule has 3 rings (SSSR count). The summed E-state index contributed by atoms with van der Waals surface area (Å²) in [7, 11) is -3.10. The third-order valence-electron chi connectivity index (χ3n) is 5.53. The second kappa shape index (κ2) is 7.87. The Morgan fingerprint density at radius 2 is 1.62 bits per heavy atom. The highest BCUT2D eigenvalue weighted by atomic mass is 32.2. The lowest BCUT2D eigenvalue weighted by atomic mass is 9.92. The number of sulfone groups is 1. The maximum atomic E-state index is 11.5. The molecule has 1 aromatic carbocycles. The molecular weight excluding hydrogens is 320 g/mol. The molecule has 0 bridgehead atoms. The van der Waals surface area contributed by atoms with Crippen molar-refractivity contribution in [2.24, 2.45) is 5.92 Å². The Bertz CT molecular complexity index is 613. The maximum Gasteiger partial charge on any atom is 0.175 e. The summed E-state index contributed by atoms with van der Waals surface area (Å²) in [5.41, 5.74) is 1.15. The van der Waals surface area contributed by atoms with Gasteiger partial charge in [-0.25, -0.2) is 8.42 Å². The molecule has 2 aliphatic heterocycles. The van der Waals surface area contributed by atoms with Crippen LogP contribution in [0, 0.1) is 5.92 Å². The van der Waals surface area contributed by atoms with Crippen LogP contribution in [-0.2, 0) is 9.84 Å². The lowest BCUT2D eigenvalue weighted by Gasteiger charge is -2.34. The summed E-state index contributed by atoms with van der Waals surface area (Å²) in [6.07, 6.45) is 9.25. The average Bonchev–Trinajstić information content (AvgIpc) is 3.08. The highest BCUT2D eigenvalue weighted by Gasteiger charge is 2.20. The number of rotatable bonds is 6. The minimum absolute atomic E-state index is 0.406. The van der Waals surface area contributed by atoms with Gasteiger partial charge >= 0.3 is 0 Å². The topological polar surface area (TPSA) is 40.6 Å². The first-order valence-electron chi connectivity index (χ1n) is 9.30. The van der Waals surface area contributed by atoms with Crippen LogP contribution in [0.4, 0.5) is 5.69 Å². The number of likely N-dealkylation sites (tertiary alicyclic amines) is 1. The first-order chi connectivity index (χ1) is 11.5. The van der Waals surface area contributed by atoms with E-state index < -0.39 is 9.84 Å². The molecule has 0 N–H and O–H groups in total. The molecule has 5 heteroatoms.